The van der Waals surface area contributed by atoms with Crippen molar-refractivity contribution in [3.05, 3.63) is 50.6 Å². The van der Waals surface area contributed by atoms with Gasteiger partial charge in [-0.2, -0.15) is 0 Å². The highest BCUT2D eigenvalue weighted by molar-refractivity contribution is 7.99. The number of ether oxygens (including phenoxy) is 2. The van der Waals surface area contributed by atoms with Gasteiger partial charge in [0.15, 0.2) is 17.1 Å². The minimum Gasteiger partial charge on any atom is -0.481 e. The SMILES string of the molecule is CCOC(=O)c1cc(C)sc1NC(=O)CSc1nnc(C(C)Oc2ccc(Cl)cc2Cl)n1C. The first-order chi connectivity index (χ1) is 15.7. The van der Waals surface area contributed by atoms with Crippen LogP contribution in [0.1, 0.15) is 41.0 Å². The molecule has 1 amide bonds. The van der Waals surface area contributed by atoms with Crippen molar-refractivity contribution in [2.75, 3.05) is 17.7 Å². The molecule has 0 spiro atoms. The standard InChI is InChI=1S/C21H22Cl2N4O4S2/c1-5-30-20(29)14-8-11(2)33-19(14)24-17(28)10-32-21-26-25-18(27(21)4)12(3)31-16-7-6-13(22)9-15(16)23/h6-9,12H,5,10H2,1-4H3,(H,24,28). The van der Waals surface area contributed by atoms with Gasteiger partial charge in [-0.25, -0.2) is 4.79 Å². The Morgan fingerprint density at radius 3 is 2.73 bits per heavy atom. The summed E-state index contributed by atoms with van der Waals surface area (Å²) in [5.41, 5.74) is 0.352. The lowest BCUT2D eigenvalue weighted by Crippen LogP contribution is -2.16. The number of carbonyl (C=O) groups excluding carboxylic acids is 2. The molecule has 1 N–H and O–H groups in total. The van der Waals surface area contributed by atoms with Crippen LogP contribution in [0, 0.1) is 6.92 Å². The summed E-state index contributed by atoms with van der Waals surface area (Å²) in [5, 5.41) is 13.1. The normalized spacial score (nSPS) is 11.8. The van der Waals surface area contributed by atoms with E-state index < -0.39 is 12.1 Å². The molecular formula is C21H22Cl2N4O4S2. The Bertz CT molecular complexity index is 1170. The van der Waals surface area contributed by atoms with Crippen molar-refractivity contribution >= 4 is 63.2 Å². The van der Waals surface area contributed by atoms with Gasteiger partial charge in [0.1, 0.15) is 10.8 Å². The number of anilines is 1. The molecule has 0 saturated carbocycles. The minimum atomic E-state index is -0.461. The van der Waals surface area contributed by atoms with Gasteiger partial charge in [-0.15, -0.1) is 21.5 Å². The van der Waals surface area contributed by atoms with Crippen LogP contribution in [0.15, 0.2) is 29.4 Å². The second-order valence-corrected chi connectivity index (χ2v) is 9.93. The number of carbonyl (C=O) groups is 2. The lowest BCUT2D eigenvalue weighted by molar-refractivity contribution is -0.113. The molecule has 12 heteroatoms. The van der Waals surface area contributed by atoms with Crippen LogP contribution in [0.2, 0.25) is 10.0 Å². The maximum Gasteiger partial charge on any atom is 0.341 e. The predicted octanol–water partition coefficient (Wildman–Crippen LogP) is 5.54. The van der Waals surface area contributed by atoms with Crippen molar-refractivity contribution in [3.8, 4) is 5.75 Å². The predicted molar refractivity (Wildman–Crippen MR) is 131 cm³/mol. The van der Waals surface area contributed by atoms with E-state index in [0.29, 0.717) is 37.3 Å². The van der Waals surface area contributed by atoms with Gasteiger partial charge in [0.25, 0.3) is 0 Å². The highest BCUT2D eigenvalue weighted by Gasteiger charge is 2.21. The maximum absolute atomic E-state index is 12.5. The van der Waals surface area contributed by atoms with Gasteiger partial charge in [0.05, 0.1) is 22.9 Å². The maximum atomic E-state index is 12.5. The number of benzene rings is 1. The third kappa shape index (κ3) is 6.41. The quantitative estimate of drug-likeness (QED) is 0.287. The third-order valence-electron chi connectivity index (χ3n) is 4.37. The number of esters is 1. The topological polar surface area (TPSA) is 95.3 Å². The lowest BCUT2D eigenvalue weighted by Gasteiger charge is -2.15. The Labute approximate surface area is 209 Å². The Kier molecular flexibility index (Phi) is 8.63. The van der Waals surface area contributed by atoms with Gasteiger partial charge in [-0.1, -0.05) is 35.0 Å². The third-order valence-corrected chi connectivity index (χ3v) is 6.88. The molecule has 3 rings (SSSR count). The van der Waals surface area contributed by atoms with Crippen molar-refractivity contribution < 1.29 is 19.1 Å². The number of thiophene rings is 1. The van der Waals surface area contributed by atoms with Gasteiger partial charge in [0.2, 0.25) is 5.91 Å². The number of aryl methyl sites for hydroxylation is 1. The van der Waals surface area contributed by atoms with Gasteiger partial charge in [-0.05, 0) is 45.0 Å². The number of nitrogens with one attached hydrogen (secondary N) is 1. The molecule has 1 unspecified atom stereocenters. The van der Waals surface area contributed by atoms with Gasteiger partial charge < -0.3 is 19.4 Å². The molecule has 0 saturated heterocycles. The average molecular weight is 529 g/mol. The number of hydrogen-bond acceptors (Lipinski definition) is 8. The van der Waals surface area contributed by atoms with Gasteiger partial charge >= 0.3 is 5.97 Å². The van der Waals surface area contributed by atoms with Crippen LogP contribution >= 0.6 is 46.3 Å². The van der Waals surface area contributed by atoms with E-state index in [1.165, 1.54) is 23.1 Å². The molecule has 1 atom stereocenters. The molecule has 0 aliphatic heterocycles. The fourth-order valence-corrected chi connectivity index (χ4v) is 4.97. The molecule has 0 radical (unpaired) electrons. The number of amides is 1. The summed E-state index contributed by atoms with van der Waals surface area (Å²) in [7, 11) is 1.79. The molecule has 0 bridgehead atoms. The van der Waals surface area contributed by atoms with Gasteiger partial charge in [-0.3, -0.25) is 4.79 Å². The molecule has 2 heterocycles. The minimum absolute atomic E-state index is 0.0867. The van der Waals surface area contributed by atoms with E-state index in [1.54, 1.807) is 42.8 Å². The molecule has 1 aromatic carbocycles. The number of aromatic nitrogens is 3. The smallest absolute Gasteiger partial charge is 0.341 e. The Morgan fingerprint density at radius 1 is 1.27 bits per heavy atom. The van der Waals surface area contributed by atoms with E-state index in [0.717, 1.165) is 4.88 Å². The molecule has 0 fully saturated rings. The highest BCUT2D eigenvalue weighted by Crippen LogP contribution is 2.32. The molecular weight excluding hydrogens is 507 g/mol. The average Bonchev–Trinajstić information content (AvgIpc) is 3.30. The molecule has 8 nitrogen and oxygen atoms in total. The van der Waals surface area contributed by atoms with Crippen LogP contribution < -0.4 is 10.1 Å². The number of thioether (sulfide) groups is 1. The Morgan fingerprint density at radius 2 is 2.03 bits per heavy atom. The van der Waals surface area contributed by atoms with E-state index in [1.807, 2.05) is 13.8 Å². The number of nitrogens with zero attached hydrogens (tertiary/aromatic N) is 3. The summed E-state index contributed by atoms with van der Waals surface area (Å²) in [6.45, 7) is 5.68. The zero-order chi connectivity index (χ0) is 24.1. The van der Waals surface area contributed by atoms with Crippen molar-refractivity contribution in [3.63, 3.8) is 0 Å². The highest BCUT2D eigenvalue weighted by atomic mass is 35.5. The first kappa shape index (κ1) is 25.4. The summed E-state index contributed by atoms with van der Waals surface area (Å²) in [6.07, 6.45) is -0.439. The zero-order valence-corrected chi connectivity index (χ0v) is 21.5. The van der Waals surface area contributed by atoms with E-state index in [9.17, 15) is 9.59 Å². The fraction of sp³-hybridized carbons (Fsp3) is 0.333. The molecule has 0 aliphatic rings. The van der Waals surface area contributed by atoms with Crippen LogP contribution in [-0.4, -0.2) is 39.0 Å². The van der Waals surface area contributed by atoms with Crippen molar-refractivity contribution in [1.82, 2.24) is 14.8 Å². The van der Waals surface area contributed by atoms with E-state index in [2.05, 4.69) is 15.5 Å². The van der Waals surface area contributed by atoms with E-state index in [-0.39, 0.29) is 18.3 Å². The number of halogens is 2. The molecule has 33 heavy (non-hydrogen) atoms. The molecule has 3 aromatic rings. The van der Waals surface area contributed by atoms with Gasteiger partial charge in [0, 0.05) is 16.9 Å². The number of rotatable bonds is 9. The van der Waals surface area contributed by atoms with Crippen molar-refractivity contribution in [1.29, 1.82) is 0 Å². The lowest BCUT2D eigenvalue weighted by atomic mass is 10.3. The molecule has 0 aliphatic carbocycles. The fourth-order valence-electron chi connectivity index (χ4n) is 2.88. The van der Waals surface area contributed by atoms with E-state index >= 15 is 0 Å². The van der Waals surface area contributed by atoms with Crippen LogP contribution in [0.25, 0.3) is 0 Å². The first-order valence-corrected chi connectivity index (χ1v) is 12.5. The largest absolute Gasteiger partial charge is 0.481 e. The summed E-state index contributed by atoms with van der Waals surface area (Å²) in [4.78, 5) is 25.5. The second kappa shape index (κ2) is 11.2. The monoisotopic (exact) mass is 528 g/mol. The summed E-state index contributed by atoms with van der Waals surface area (Å²) in [6, 6.07) is 6.68. The van der Waals surface area contributed by atoms with Crippen LogP contribution in [0.5, 0.6) is 5.75 Å². The van der Waals surface area contributed by atoms with Crippen molar-refractivity contribution in [2.24, 2.45) is 7.05 Å². The van der Waals surface area contributed by atoms with Crippen molar-refractivity contribution in [2.45, 2.75) is 32.0 Å². The van der Waals surface area contributed by atoms with E-state index in [4.69, 9.17) is 32.7 Å². The first-order valence-electron chi connectivity index (χ1n) is 9.90. The summed E-state index contributed by atoms with van der Waals surface area (Å²) in [5.74, 6) is 0.409. The second-order valence-electron chi connectivity index (χ2n) is 6.89. The van der Waals surface area contributed by atoms with Crippen LogP contribution in [0.3, 0.4) is 0 Å². The zero-order valence-electron chi connectivity index (χ0n) is 18.3. The van der Waals surface area contributed by atoms with Crippen LogP contribution in [-0.2, 0) is 16.6 Å². The van der Waals surface area contributed by atoms with Crippen LogP contribution in [0.4, 0.5) is 5.00 Å². The number of hydrogen-bond donors (Lipinski definition) is 1. The summed E-state index contributed by atoms with van der Waals surface area (Å²) < 4.78 is 12.7. The Hall–Kier alpha value is -2.27. The Balaban J connectivity index is 1.62. The summed E-state index contributed by atoms with van der Waals surface area (Å²) >= 11 is 14.6. The molecule has 176 valence electrons. The molecule has 2 aromatic heterocycles.